The Morgan fingerprint density at radius 2 is 2.04 bits per heavy atom. The minimum absolute atomic E-state index is 0.0374. The van der Waals surface area contributed by atoms with Crippen molar-refractivity contribution in [2.45, 2.75) is 26.8 Å². The second-order valence-electron chi connectivity index (χ2n) is 5.85. The lowest BCUT2D eigenvalue weighted by Crippen LogP contribution is -2.21. The Morgan fingerprint density at radius 1 is 1.24 bits per heavy atom. The molecule has 25 heavy (non-hydrogen) atoms. The average Bonchev–Trinajstić information content (AvgIpc) is 3.22. The first kappa shape index (κ1) is 15.8. The van der Waals surface area contributed by atoms with Crippen molar-refractivity contribution in [1.29, 1.82) is 0 Å². The van der Waals surface area contributed by atoms with Gasteiger partial charge in [-0.2, -0.15) is 0 Å². The van der Waals surface area contributed by atoms with E-state index in [2.05, 4.69) is 16.9 Å². The first-order valence-corrected chi connectivity index (χ1v) is 8.97. The Balaban J connectivity index is 1.71. The van der Waals surface area contributed by atoms with Gasteiger partial charge in [0, 0.05) is 10.4 Å². The molecule has 1 aromatic carbocycles. The van der Waals surface area contributed by atoms with E-state index in [-0.39, 0.29) is 5.56 Å². The molecular formula is C19H17N3O2S. The highest BCUT2D eigenvalue weighted by atomic mass is 32.1. The van der Waals surface area contributed by atoms with Gasteiger partial charge in [0.2, 0.25) is 5.89 Å². The largest absolute Gasteiger partial charge is 0.441 e. The van der Waals surface area contributed by atoms with Crippen molar-refractivity contribution >= 4 is 21.6 Å². The number of thiophene rings is 1. The second kappa shape index (κ2) is 6.29. The fraction of sp³-hybridized carbons (Fsp3) is 0.211. The summed E-state index contributed by atoms with van der Waals surface area (Å²) in [7, 11) is 0. The zero-order valence-electron chi connectivity index (χ0n) is 14.0. The smallest absolute Gasteiger partial charge is 0.262 e. The van der Waals surface area contributed by atoms with Crippen molar-refractivity contribution in [3.05, 3.63) is 69.4 Å². The van der Waals surface area contributed by atoms with Crippen LogP contribution in [0.3, 0.4) is 0 Å². The number of hydrogen-bond acceptors (Lipinski definition) is 5. The summed E-state index contributed by atoms with van der Waals surface area (Å²) in [6, 6.07) is 11.7. The van der Waals surface area contributed by atoms with E-state index in [1.807, 2.05) is 43.3 Å². The van der Waals surface area contributed by atoms with Gasteiger partial charge in [-0.3, -0.25) is 9.36 Å². The highest BCUT2D eigenvalue weighted by Gasteiger charge is 2.14. The van der Waals surface area contributed by atoms with Crippen molar-refractivity contribution in [1.82, 2.24) is 14.5 Å². The molecule has 0 radical (unpaired) electrons. The van der Waals surface area contributed by atoms with E-state index in [9.17, 15) is 4.79 Å². The molecule has 0 fully saturated rings. The summed E-state index contributed by atoms with van der Waals surface area (Å²) < 4.78 is 7.37. The molecular weight excluding hydrogens is 334 g/mol. The van der Waals surface area contributed by atoms with Crippen molar-refractivity contribution in [2.24, 2.45) is 0 Å². The van der Waals surface area contributed by atoms with Crippen LogP contribution in [0.1, 0.15) is 23.3 Å². The quantitative estimate of drug-likeness (QED) is 0.557. The lowest BCUT2D eigenvalue weighted by Gasteiger charge is -2.02. The van der Waals surface area contributed by atoms with Gasteiger partial charge in [0.25, 0.3) is 5.56 Å². The average molecular weight is 351 g/mol. The molecule has 0 aliphatic carbocycles. The van der Waals surface area contributed by atoms with Gasteiger partial charge in [-0.1, -0.05) is 25.1 Å². The molecule has 0 saturated heterocycles. The Labute approximate surface area is 148 Å². The Bertz CT molecular complexity index is 1090. The van der Waals surface area contributed by atoms with Gasteiger partial charge in [-0.25, -0.2) is 9.97 Å². The molecule has 0 unspecified atom stereocenters. The highest BCUT2D eigenvalue weighted by molar-refractivity contribution is 7.18. The van der Waals surface area contributed by atoms with Crippen LogP contribution in [0.4, 0.5) is 0 Å². The zero-order valence-corrected chi connectivity index (χ0v) is 14.8. The van der Waals surface area contributed by atoms with Gasteiger partial charge in [0.1, 0.15) is 16.3 Å². The molecule has 0 atom stereocenters. The minimum Gasteiger partial charge on any atom is -0.441 e. The first-order chi connectivity index (χ1) is 12.2. The van der Waals surface area contributed by atoms with Gasteiger partial charge < -0.3 is 4.42 Å². The molecule has 3 heterocycles. The molecule has 0 bridgehead atoms. The van der Waals surface area contributed by atoms with Gasteiger partial charge in [0.05, 0.1) is 18.3 Å². The molecule has 5 nitrogen and oxygen atoms in total. The summed E-state index contributed by atoms with van der Waals surface area (Å²) in [5.41, 5.74) is 1.63. The van der Waals surface area contributed by atoms with E-state index < -0.39 is 0 Å². The SMILES string of the molecule is CCc1cc2c(=O)n(Cc3nc(-c4ccccc4)oc3C)cnc2s1. The van der Waals surface area contributed by atoms with Gasteiger partial charge in [-0.15, -0.1) is 11.3 Å². The predicted molar refractivity (Wildman–Crippen MR) is 99.0 cm³/mol. The number of benzene rings is 1. The Morgan fingerprint density at radius 3 is 2.80 bits per heavy atom. The molecule has 6 heteroatoms. The van der Waals surface area contributed by atoms with E-state index in [1.165, 1.54) is 4.88 Å². The van der Waals surface area contributed by atoms with E-state index in [1.54, 1.807) is 22.2 Å². The fourth-order valence-electron chi connectivity index (χ4n) is 2.74. The fourth-order valence-corrected chi connectivity index (χ4v) is 3.66. The molecule has 0 aliphatic rings. The molecule has 0 N–H and O–H groups in total. The lowest BCUT2D eigenvalue weighted by atomic mass is 10.2. The molecule has 0 aliphatic heterocycles. The number of oxazole rings is 1. The standard InChI is InChI=1S/C19H17N3O2S/c1-3-14-9-15-18(25-14)20-11-22(19(15)23)10-16-12(2)24-17(21-16)13-7-5-4-6-8-13/h4-9,11H,3,10H2,1-2H3. The third-order valence-electron chi connectivity index (χ3n) is 4.15. The highest BCUT2D eigenvalue weighted by Crippen LogP contribution is 2.23. The van der Waals surface area contributed by atoms with Crippen LogP contribution in [-0.2, 0) is 13.0 Å². The van der Waals surface area contributed by atoms with Crippen LogP contribution in [0, 0.1) is 6.92 Å². The van der Waals surface area contributed by atoms with Gasteiger partial charge in [-0.05, 0) is 31.5 Å². The number of rotatable bonds is 4. The van der Waals surface area contributed by atoms with Crippen LogP contribution in [0.2, 0.25) is 0 Å². The number of aryl methyl sites for hydroxylation is 2. The van der Waals surface area contributed by atoms with Crippen LogP contribution in [0.25, 0.3) is 21.7 Å². The van der Waals surface area contributed by atoms with Crippen LogP contribution < -0.4 is 5.56 Å². The number of aromatic nitrogens is 3. The van der Waals surface area contributed by atoms with E-state index in [0.29, 0.717) is 23.6 Å². The van der Waals surface area contributed by atoms with E-state index in [0.717, 1.165) is 22.5 Å². The molecule has 3 aromatic heterocycles. The Hall–Kier alpha value is -2.73. The second-order valence-corrected chi connectivity index (χ2v) is 6.97. The van der Waals surface area contributed by atoms with Gasteiger partial charge in [0.15, 0.2) is 0 Å². The predicted octanol–water partition coefficient (Wildman–Crippen LogP) is 4.03. The van der Waals surface area contributed by atoms with Crippen molar-refractivity contribution in [3.8, 4) is 11.5 Å². The van der Waals surface area contributed by atoms with Crippen LogP contribution in [0.5, 0.6) is 0 Å². The zero-order chi connectivity index (χ0) is 17.4. The monoisotopic (exact) mass is 351 g/mol. The molecule has 0 saturated carbocycles. The molecule has 0 spiro atoms. The van der Waals surface area contributed by atoms with E-state index >= 15 is 0 Å². The van der Waals surface area contributed by atoms with Crippen molar-refractivity contribution < 1.29 is 4.42 Å². The molecule has 4 aromatic rings. The third kappa shape index (κ3) is 2.89. The number of nitrogens with zero attached hydrogens (tertiary/aromatic N) is 3. The molecule has 126 valence electrons. The summed E-state index contributed by atoms with van der Waals surface area (Å²) in [6.07, 6.45) is 2.50. The Kier molecular flexibility index (Phi) is 3.97. The summed E-state index contributed by atoms with van der Waals surface area (Å²) in [5, 5.41) is 0.675. The lowest BCUT2D eigenvalue weighted by molar-refractivity contribution is 0.537. The van der Waals surface area contributed by atoms with Crippen LogP contribution >= 0.6 is 11.3 Å². The normalized spacial score (nSPS) is 11.3. The number of hydrogen-bond donors (Lipinski definition) is 0. The topological polar surface area (TPSA) is 60.9 Å². The van der Waals surface area contributed by atoms with Gasteiger partial charge >= 0.3 is 0 Å². The van der Waals surface area contributed by atoms with Crippen molar-refractivity contribution in [3.63, 3.8) is 0 Å². The molecule has 0 amide bonds. The van der Waals surface area contributed by atoms with Crippen molar-refractivity contribution in [2.75, 3.05) is 0 Å². The maximum absolute atomic E-state index is 12.7. The van der Waals surface area contributed by atoms with E-state index in [4.69, 9.17) is 4.42 Å². The van der Waals surface area contributed by atoms with Crippen LogP contribution in [-0.4, -0.2) is 14.5 Å². The maximum atomic E-state index is 12.7. The number of fused-ring (bicyclic) bond motifs is 1. The first-order valence-electron chi connectivity index (χ1n) is 8.15. The summed E-state index contributed by atoms with van der Waals surface area (Å²) >= 11 is 1.57. The molecule has 4 rings (SSSR count). The maximum Gasteiger partial charge on any atom is 0.262 e. The summed E-state index contributed by atoms with van der Waals surface area (Å²) in [4.78, 5) is 23.7. The van der Waals surface area contributed by atoms with Crippen LogP contribution in [0.15, 0.2) is 51.9 Å². The minimum atomic E-state index is -0.0374. The third-order valence-corrected chi connectivity index (χ3v) is 5.34. The summed E-state index contributed by atoms with van der Waals surface area (Å²) in [6.45, 7) is 4.29. The summed E-state index contributed by atoms with van der Waals surface area (Å²) in [5.74, 6) is 1.28.